The Bertz CT molecular complexity index is 2200. The average molecular weight is 533 g/mol. The number of rotatable bonds is 2. The van der Waals surface area contributed by atoms with Gasteiger partial charge in [-0.05, 0) is 87.8 Å². The van der Waals surface area contributed by atoms with Crippen LogP contribution in [-0.2, 0) is 0 Å². The van der Waals surface area contributed by atoms with Gasteiger partial charge >= 0.3 is 0 Å². The van der Waals surface area contributed by atoms with E-state index in [0.29, 0.717) is 0 Å². The second kappa shape index (κ2) is 8.64. The summed E-state index contributed by atoms with van der Waals surface area (Å²) >= 11 is 3.77. The lowest BCUT2D eigenvalue weighted by Gasteiger charge is -2.24. The van der Waals surface area contributed by atoms with Crippen molar-refractivity contribution in [1.29, 1.82) is 0 Å². The van der Waals surface area contributed by atoms with Crippen LogP contribution in [0.2, 0.25) is 0 Å². The molecule has 2 heteroatoms. The Kier molecular flexibility index (Phi) is 5.03. The fraction of sp³-hybridized carbons (Fsp3) is 0.0270. The Morgan fingerprint density at radius 3 is 1.62 bits per heavy atom. The maximum atomic E-state index is 4.31. The van der Waals surface area contributed by atoms with Gasteiger partial charge in [-0.2, -0.15) is 0 Å². The van der Waals surface area contributed by atoms with E-state index in [9.17, 15) is 0 Å². The highest BCUT2D eigenvalue weighted by Crippen LogP contribution is 2.50. The van der Waals surface area contributed by atoms with Crippen LogP contribution in [0.3, 0.4) is 0 Å². The van der Waals surface area contributed by atoms with Crippen LogP contribution < -0.4 is 0 Å². The molecule has 0 fully saturated rings. The molecule has 0 atom stereocenters. The van der Waals surface area contributed by atoms with E-state index in [1.807, 2.05) is 28.7 Å². The zero-order chi connectivity index (χ0) is 26.1. The van der Waals surface area contributed by atoms with Gasteiger partial charge in [0.2, 0.25) is 0 Å². The van der Waals surface area contributed by atoms with Crippen molar-refractivity contribution in [1.82, 2.24) is 0 Å². The highest BCUT2D eigenvalue weighted by Gasteiger charge is 2.24. The molecule has 0 N–H and O–H groups in total. The number of thiophene rings is 2. The zero-order valence-electron chi connectivity index (χ0n) is 21.5. The summed E-state index contributed by atoms with van der Waals surface area (Å²) in [6, 6.07) is 36.1. The van der Waals surface area contributed by atoms with Crippen LogP contribution in [0.1, 0.15) is 18.1 Å². The minimum atomic E-state index is 1.17. The van der Waals surface area contributed by atoms with Gasteiger partial charge in [-0.15, -0.1) is 22.7 Å². The summed E-state index contributed by atoms with van der Waals surface area (Å²) in [5.74, 6) is 0. The highest BCUT2D eigenvalue weighted by atomic mass is 32.1. The highest BCUT2D eigenvalue weighted by molar-refractivity contribution is 7.26. The number of allylic oxidation sites excluding steroid dienone is 5. The molecule has 0 spiro atoms. The smallest absolute Gasteiger partial charge is 0.0362 e. The van der Waals surface area contributed by atoms with Crippen LogP contribution in [0.5, 0.6) is 0 Å². The van der Waals surface area contributed by atoms with Crippen molar-refractivity contribution in [2.75, 3.05) is 0 Å². The Balaban J connectivity index is 1.60. The van der Waals surface area contributed by atoms with E-state index in [1.54, 1.807) is 0 Å². The first-order chi connectivity index (χ1) is 19.2. The van der Waals surface area contributed by atoms with Crippen LogP contribution in [-0.4, -0.2) is 0 Å². The first kappa shape index (κ1) is 22.7. The number of hydrogen-bond donors (Lipinski definition) is 0. The summed E-state index contributed by atoms with van der Waals surface area (Å²) in [5.41, 5.74) is 9.98. The molecular formula is C37H24S2. The topological polar surface area (TPSA) is 0 Å². The lowest BCUT2D eigenvalue weighted by atomic mass is 9.80. The molecular weight excluding hydrogens is 509 g/mol. The van der Waals surface area contributed by atoms with E-state index >= 15 is 0 Å². The van der Waals surface area contributed by atoms with Crippen molar-refractivity contribution in [2.45, 2.75) is 6.92 Å². The van der Waals surface area contributed by atoms with E-state index in [4.69, 9.17) is 0 Å². The molecule has 0 saturated carbocycles. The summed E-state index contributed by atoms with van der Waals surface area (Å²) in [4.78, 5) is 0. The van der Waals surface area contributed by atoms with Gasteiger partial charge in [-0.25, -0.2) is 0 Å². The van der Waals surface area contributed by atoms with Crippen LogP contribution in [0.25, 0.3) is 73.7 Å². The predicted molar refractivity (Wildman–Crippen MR) is 175 cm³/mol. The van der Waals surface area contributed by atoms with E-state index < -0.39 is 0 Å². The van der Waals surface area contributed by atoms with Crippen LogP contribution in [0.4, 0.5) is 0 Å². The maximum Gasteiger partial charge on any atom is 0.0362 e. The molecule has 8 rings (SSSR count). The summed E-state index contributed by atoms with van der Waals surface area (Å²) in [6.07, 6.45) is 6.45. The first-order valence-corrected chi connectivity index (χ1v) is 14.9. The van der Waals surface area contributed by atoms with Crippen LogP contribution >= 0.6 is 22.7 Å². The fourth-order valence-corrected chi connectivity index (χ4v) is 8.50. The normalized spacial score (nSPS) is 15.0. The molecule has 0 amide bonds. The molecule has 0 saturated heterocycles. The summed E-state index contributed by atoms with van der Waals surface area (Å²) in [6.45, 7) is 6.42. The summed E-state index contributed by atoms with van der Waals surface area (Å²) < 4.78 is 5.31. The van der Waals surface area contributed by atoms with E-state index in [1.165, 1.54) is 84.9 Å². The second-order valence-electron chi connectivity index (χ2n) is 10.1. The molecule has 39 heavy (non-hydrogen) atoms. The van der Waals surface area contributed by atoms with Gasteiger partial charge in [0, 0.05) is 40.3 Å². The lowest BCUT2D eigenvalue weighted by Crippen LogP contribution is -2.00. The minimum Gasteiger partial charge on any atom is -0.135 e. The third-order valence-corrected chi connectivity index (χ3v) is 10.2. The predicted octanol–water partition coefficient (Wildman–Crippen LogP) is 11.7. The van der Waals surface area contributed by atoms with Gasteiger partial charge in [0.15, 0.2) is 0 Å². The second-order valence-corrected chi connectivity index (χ2v) is 12.2. The fourth-order valence-electron chi connectivity index (χ4n) is 6.24. The third kappa shape index (κ3) is 3.29. The van der Waals surface area contributed by atoms with E-state index in [2.05, 4.69) is 123 Å². The lowest BCUT2D eigenvalue weighted by molar-refractivity contribution is 1.54. The van der Waals surface area contributed by atoms with E-state index in [-0.39, 0.29) is 0 Å². The van der Waals surface area contributed by atoms with Gasteiger partial charge in [0.05, 0.1) is 0 Å². The largest absolute Gasteiger partial charge is 0.135 e. The quantitative estimate of drug-likeness (QED) is 0.208. The Labute approximate surface area is 235 Å². The number of hydrogen-bond acceptors (Lipinski definition) is 2. The molecule has 0 nitrogen and oxygen atoms in total. The molecule has 5 aromatic carbocycles. The third-order valence-electron chi connectivity index (χ3n) is 7.95. The van der Waals surface area contributed by atoms with E-state index in [0.717, 1.165) is 0 Å². The first-order valence-electron chi connectivity index (χ1n) is 13.3. The molecule has 0 radical (unpaired) electrons. The SMILES string of the molecule is C=C/C1=C(\C=C/C)c2cc3c(cc2-c2cc4sc5ccccc5c4cc2-c2ccccc21)sc1ccccc13. The monoisotopic (exact) mass is 532 g/mol. The molecule has 0 aliphatic heterocycles. The van der Waals surface area contributed by atoms with Crippen molar-refractivity contribution in [3.63, 3.8) is 0 Å². The zero-order valence-corrected chi connectivity index (χ0v) is 23.1. The molecule has 7 aromatic rings. The molecule has 0 unspecified atom stereocenters. The molecule has 0 bridgehead atoms. The van der Waals surface area contributed by atoms with Crippen LogP contribution in [0, 0.1) is 0 Å². The van der Waals surface area contributed by atoms with Gasteiger partial charge in [-0.1, -0.05) is 85.5 Å². The number of benzene rings is 5. The molecule has 184 valence electrons. The van der Waals surface area contributed by atoms with Gasteiger partial charge < -0.3 is 0 Å². The Hall–Kier alpha value is -4.24. The van der Waals surface area contributed by atoms with Gasteiger partial charge in [-0.3, -0.25) is 0 Å². The molecule has 1 aliphatic rings. The average Bonchev–Trinajstić information content (AvgIpc) is 3.53. The van der Waals surface area contributed by atoms with Crippen LogP contribution in [0.15, 0.2) is 122 Å². The van der Waals surface area contributed by atoms with Crippen molar-refractivity contribution < 1.29 is 0 Å². The standard InChI is InChI=1S/C37H24S2/c1-3-11-23-22(4-2)24-12-5-6-13-25(24)29-19-33-27-15-8-10-17-35(27)39-37(33)21-31(29)30-20-36-32(18-28(23)30)26-14-7-9-16-34(26)38-36/h3-21H,2H2,1H3/b11-3-,23-22-,24-22?,28-23?,29-25?,31-30?. The molecule has 2 heterocycles. The molecule has 2 aromatic heterocycles. The summed E-state index contributed by atoms with van der Waals surface area (Å²) in [7, 11) is 0. The molecule has 1 aliphatic carbocycles. The van der Waals surface area contributed by atoms with Crippen molar-refractivity contribution in [3.05, 3.63) is 133 Å². The van der Waals surface area contributed by atoms with Gasteiger partial charge in [0.1, 0.15) is 0 Å². The minimum absolute atomic E-state index is 1.17. The van der Waals surface area contributed by atoms with Crippen molar-refractivity contribution >= 4 is 74.2 Å². The summed E-state index contributed by atoms with van der Waals surface area (Å²) in [5, 5.41) is 5.29. The van der Waals surface area contributed by atoms with Crippen molar-refractivity contribution in [3.8, 4) is 22.3 Å². The Morgan fingerprint density at radius 1 is 0.487 bits per heavy atom. The maximum absolute atomic E-state index is 4.31. The van der Waals surface area contributed by atoms with Gasteiger partial charge in [0.25, 0.3) is 0 Å². The van der Waals surface area contributed by atoms with Crippen molar-refractivity contribution in [2.24, 2.45) is 0 Å². The Morgan fingerprint density at radius 2 is 1.00 bits per heavy atom. The number of fused-ring (bicyclic) bond motifs is 11.